The lowest BCUT2D eigenvalue weighted by Gasteiger charge is -2.27. The van der Waals surface area contributed by atoms with E-state index >= 15 is 0 Å². The van der Waals surface area contributed by atoms with Crippen LogP contribution in [0.5, 0.6) is 0 Å². The Labute approximate surface area is 122 Å². The normalized spacial score (nSPS) is 23.9. The van der Waals surface area contributed by atoms with E-state index in [0.717, 1.165) is 0 Å². The number of rotatable bonds is 5. The van der Waals surface area contributed by atoms with Crippen molar-refractivity contribution in [3.8, 4) is 0 Å². The van der Waals surface area contributed by atoms with Gasteiger partial charge in [0.1, 0.15) is 6.61 Å². The van der Waals surface area contributed by atoms with Crippen molar-refractivity contribution in [2.24, 2.45) is 0 Å². The van der Waals surface area contributed by atoms with Crippen LogP contribution in [0.25, 0.3) is 0 Å². The summed E-state index contributed by atoms with van der Waals surface area (Å²) in [5, 5.41) is 5.24. The molecule has 1 aliphatic heterocycles. The molecule has 2 N–H and O–H groups in total. The lowest BCUT2D eigenvalue weighted by atomic mass is 9.95. The molecule has 0 aromatic heterocycles. The van der Waals surface area contributed by atoms with Crippen molar-refractivity contribution >= 4 is 6.03 Å². The number of amides is 2. The van der Waals surface area contributed by atoms with Gasteiger partial charge in [-0.2, -0.15) is 13.2 Å². The quantitative estimate of drug-likeness (QED) is 0.765. The maximum atomic E-state index is 11.8. The second-order valence-electron chi connectivity index (χ2n) is 6.29. The topological polar surface area (TPSA) is 59.6 Å². The average Bonchev–Trinajstić information content (AvgIpc) is 2.44. The molecular weight excluding hydrogens is 289 g/mol. The average molecular weight is 312 g/mol. The third-order valence-electron chi connectivity index (χ3n) is 3.18. The molecule has 1 heterocycles. The first-order chi connectivity index (χ1) is 9.41. The van der Waals surface area contributed by atoms with E-state index in [0.29, 0.717) is 6.42 Å². The van der Waals surface area contributed by atoms with Gasteiger partial charge in [0.2, 0.25) is 0 Å². The molecule has 0 bridgehead atoms. The molecule has 0 radical (unpaired) electrons. The molecule has 0 unspecified atom stereocenters. The highest BCUT2D eigenvalue weighted by molar-refractivity contribution is 5.74. The van der Waals surface area contributed by atoms with Gasteiger partial charge in [0.25, 0.3) is 0 Å². The Morgan fingerprint density at radius 2 is 1.95 bits per heavy atom. The number of hydrogen-bond donors (Lipinski definition) is 2. The van der Waals surface area contributed by atoms with E-state index < -0.39 is 24.4 Å². The Bertz CT molecular complexity index is 370. The summed E-state index contributed by atoms with van der Waals surface area (Å²) < 4.78 is 45.7. The molecule has 8 heteroatoms. The maximum absolute atomic E-state index is 11.8. The minimum atomic E-state index is -4.35. The molecule has 1 atom stereocenters. The fourth-order valence-corrected chi connectivity index (χ4v) is 2.42. The molecule has 1 rings (SSSR count). The van der Waals surface area contributed by atoms with Crippen molar-refractivity contribution in [2.45, 2.75) is 57.5 Å². The van der Waals surface area contributed by atoms with Gasteiger partial charge >= 0.3 is 12.2 Å². The molecule has 1 saturated heterocycles. The lowest BCUT2D eigenvalue weighted by Crippen LogP contribution is -2.50. The molecule has 0 spiro atoms. The Kier molecular flexibility index (Phi) is 5.49. The second-order valence-corrected chi connectivity index (χ2v) is 6.29. The number of alkyl halides is 3. The van der Waals surface area contributed by atoms with Crippen molar-refractivity contribution in [1.82, 2.24) is 10.6 Å². The summed E-state index contributed by atoms with van der Waals surface area (Å²) in [5.41, 5.74) is -0.815. The van der Waals surface area contributed by atoms with Gasteiger partial charge in [-0.05, 0) is 34.1 Å². The van der Waals surface area contributed by atoms with E-state index in [9.17, 15) is 18.0 Å². The standard InChI is InChI=1S/C13H23F3N2O3/c1-11(2)7-9(12(3,4)21-11)18-10(19)17-5-6-20-8-13(14,15)16/h9H,5-8H2,1-4H3,(H2,17,18,19)/t9-/m0/s1. The van der Waals surface area contributed by atoms with Crippen molar-refractivity contribution < 1.29 is 27.4 Å². The molecular formula is C13H23F3N2O3. The summed E-state index contributed by atoms with van der Waals surface area (Å²) in [4.78, 5) is 11.7. The number of nitrogens with one attached hydrogen (secondary N) is 2. The van der Waals surface area contributed by atoms with Gasteiger partial charge < -0.3 is 20.1 Å². The number of ether oxygens (including phenoxy) is 2. The van der Waals surface area contributed by atoms with Crippen LogP contribution in [0, 0.1) is 0 Å². The third kappa shape index (κ3) is 6.52. The van der Waals surface area contributed by atoms with Crippen LogP contribution in [0.3, 0.4) is 0 Å². The van der Waals surface area contributed by atoms with Crippen LogP contribution in [-0.2, 0) is 9.47 Å². The molecule has 0 aliphatic carbocycles. The summed E-state index contributed by atoms with van der Waals surface area (Å²) in [6.07, 6.45) is -3.68. The van der Waals surface area contributed by atoms with Gasteiger partial charge in [-0.25, -0.2) is 4.79 Å². The number of urea groups is 1. The predicted molar refractivity (Wildman–Crippen MR) is 71.1 cm³/mol. The molecule has 0 aromatic rings. The third-order valence-corrected chi connectivity index (χ3v) is 3.18. The summed E-state index contributed by atoms with van der Waals surface area (Å²) in [6, 6.07) is -0.603. The predicted octanol–water partition coefficient (Wildman–Crippen LogP) is 2.21. The van der Waals surface area contributed by atoms with Crippen LogP contribution in [0.2, 0.25) is 0 Å². The molecule has 2 amide bonds. The summed E-state index contributed by atoms with van der Waals surface area (Å²) >= 11 is 0. The highest BCUT2D eigenvalue weighted by Gasteiger charge is 2.46. The highest BCUT2D eigenvalue weighted by atomic mass is 19.4. The van der Waals surface area contributed by atoms with Gasteiger partial charge in [0, 0.05) is 6.54 Å². The van der Waals surface area contributed by atoms with Gasteiger partial charge in [-0.15, -0.1) is 0 Å². The maximum Gasteiger partial charge on any atom is 0.411 e. The minimum absolute atomic E-state index is 0.0132. The zero-order chi connectivity index (χ0) is 16.3. The molecule has 5 nitrogen and oxygen atoms in total. The number of carbonyl (C=O) groups excluding carboxylic acids is 1. The van der Waals surface area contributed by atoms with Crippen molar-refractivity contribution in [3.05, 3.63) is 0 Å². The largest absolute Gasteiger partial charge is 0.411 e. The lowest BCUT2D eigenvalue weighted by molar-refractivity contribution is -0.173. The van der Waals surface area contributed by atoms with Crippen molar-refractivity contribution in [2.75, 3.05) is 19.8 Å². The molecule has 124 valence electrons. The van der Waals surface area contributed by atoms with Crippen LogP contribution in [-0.4, -0.2) is 49.2 Å². The van der Waals surface area contributed by atoms with Crippen molar-refractivity contribution in [3.63, 3.8) is 0 Å². The van der Waals surface area contributed by atoms with Gasteiger partial charge in [-0.1, -0.05) is 0 Å². The number of hydrogen-bond acceptors (Lipinski definition) is 3. The van der Waals surface area contributed by atoms with E-state index in [-0.39, 0.29) is 24.8 Å². The Balaban J connectivity index is 2.25. The monoisotopic (exact) mass is 312 g/mol. The van der Waals surface area contributed by atoms with Crippen LogP contribution < -0.4 is 10.6 Å². The fraction of sp³-hybridized carbons (Fsp3) is 0.923. The highest BCUT2D eigenvalue weighted by Crippen LogP contribution is 2.37. The zero-order valence-corrected chi connectivity index (χ0v) is 12.8. The Hall–Kier alpha value is -1.02. The number of carbonyl (C=O) groups is 1. The van der Waals surface area contributed by atoms with Gasteiger partial charge in [0.15, 0.2) is 0 Å². The van der Waals surface area contributed by atoms with E-state index in [1.165, 1.54) is 0 Å². The summed E-state index contributed by atoms with van der Waals surface area (Å²) in [5.74, 6) is 0. The molecule has 0 aromatic carbocycles. The first-order valence-electron chi connectivity index (χ1n) is 6.80. The molecule has 21 heavy (non-hydrogen) atoms. The van der Waals surface area contributed by atoms with Gasteiger partial charge in [0.05, 0.1) is 23.9 Å². The molecule has 1 aliphatic rings. The fourth-order valence-electron chi connectivity index (χ4n) is 2.42. The van der Waals surface area contributed by atoms with E-state index in [4.69, 9.17) is 4.74 Å². The first-order valence-corrected chi connectivity index (χ1v) is 6.80. The summed E-state index contributed by atoms with van der Waals surface area (Å²) in [6.45, 7) is 6.17. The van der Waals surface area contributed by atoms with Crippen LogP contribution in [0.1, 0.15) is 34.1 Å². The second kappa shape index (κ2) is 6.39. The SMILES string of the molecule is CC1(C)C[C@H](NC(=O)NCCOCC(F)(F)F)C(C)(C)O1. The van der Waals surface area contributed by atoms with Crippen LogP contribution in [0.4, 0.5) is 18.0 Å². The van der Waals surface area contributed by atoms with E-state index in [1.54, 1.807) is 0 Å². The van der Waals surface area contributed by atoms with Crippen molar-refractivity contribution in [1.29, 1.82) is 0 Å². The number of halogens is 3. The van der Waals surface area contributed by atoms with Gasteiger partial charge in [-0.3, -0.25) is 0 Å². The smallest absolute Gasteiger partial charge is 0.370 e. The Morgan fingerprint density at radius 1 is 1.33 bits per heavy atom. The van der Waals surface area contributed by atoms with Crippen LogP contribution in [0.15, 0.2) is 0 Å². The molecule has 0 saturated carbocycles. The first kappa shape index (κ1) is 18.0. The van der Waals surface area contributed by atoms with Crippen LogP contribution >= 0.6 is 0 Å². The summed E-state index contributed by atoms with van der Waals surface area (Å²) in [7, 11) is 0. The van der Waals surface area contributed by atoms with E-state index in [2.05, 4.69) is 15.4 Å². The Morgan fingerprint density at radius 3 is 2.43 bits per heavy atom. The minimum Gasteiger partial charge on any atom is -0.370 e. The molecule has 1 fully saturated rings. The van der Waals surface area contributed by atoms with E-state index in [1.807, 2.05) is 27.7 Å². The zero-order valence-electron chi connectivity index (χ0n) is 12.8.